The van der Waals surface area contributed by atoms with Crippen molar-refractivity contribution < 1.29 is 33.7 Å². The lowest BCUT2D eigenvalue weighted by atomic mass is 10.1. The van der Waals surface area contributed by atoms with E-state index in [0.29, 0.717) is 17.7 Å². The van der Waals surface area contributed by atoms with Crippen molar-refractivity contribution in [2.75, 3.05) is 20.3 Å². The standard InChI is InChI=1S/C27H37N3O7/c1-27(2,3)37-26(34)30-22(11-8-16-28-25(33)36-18-19-9-6-5-7-10-19)24(32)29-23(17-31)20-12-14-21(35-4)15-13-20/h5-7,9-10,12-15,22-23,31H,8,11,16-18H2,1-4H3,(H,28,33)(H,29,32)(H,30,34)/t22-,23+/m1/s1. The molecule has 0 saturated heterocycles. The molecule has 0 radical (unpaired) electrons. The molecule has 2 atom stereocenters. The summed E-state index contributed by atoms with van der Waals surface area (Å²) in [6.45, 7) is 5.20. The highest BCUT2D eigenvalue weighted by Crippen LogP contribution is 2.18. The van der Waals surface area contributed by atoms with E-state index in [9.17, 15) is 19.5 Å². The van der Waals surface area contributed by atoms with E-state index in [1.165, 1.54) is 0 Å². The summed E-state index contributed by atoms with van der Waals surface area (Å²) in [5.41, 5.74) is 0.799. The SMILES string of the molecule is COc1ccc([C@H](CO)NC(=O)[C@@H](CCCNC(=O)OCc2ccccc2)NC(=O)OC(C)(C)C)cc1. The number of hydrogen-bond donors (Lipinski definition) is 4. The Morgan fingerprint density at radius 1 is 0.946 bits per heavy atom. The zero-order valence-electron chi connectivity index (χ0n) is 21.8. The summed E-state index contributed by atoms with van der Waals surface area (Å²) in [5.74, 6) is 0.151. The number of amides is 3. The fourth-order valence-electron chi connectivity index (χ4n) is 3.33. The van der Waals surface area contributed by atoms with Crippen molar-refractivity contribution in [2.45, 2.75) is 57.9 Å². The average molecular weight is 516 g/mol. The quantitative estimate of drug-likeness (QED) is 0.318. The van der Waals surface area contributed by atoms with Gasteiger partial charge >= 0.3 is 12.2 Å². The summed E-state index contributed by atoms with van der Waals surface area (Å²) in [4.78, 5) is 37.4. The molecule has 3 amide bonds. The molecular weight excluding hydrogens is 478 g/mol. The van der Waals surface area contributed by atoms with E-state index < -0.39 is 35.8 Å². The monoisotopic (exact) mass is 515 g/mol. The van der Waals surface area contributed by atoms with Crippen LogP contribution in [0.5, 0.6) is 5.75 Å². The molecule has 2 rings (SSSR count). The van der Waals surface area contributed by atoms with Gasteiger partial charge in [-0.1, -0.05) is 42.5 Å². The van der Waals surface area contributed by atoms with Crippen LogP contribution in [-0.2, 0) is 20.9 Å². The second kappa shape index (κ2) is 14.7. The molecule has 0 aromatic heterocycles. The Bertz CT molecular complexity index is 991. The Kier molecular flexibility index (Phi) is 11.7. The Hall–Kier alpha value is -3.79. The van der Waals surface area contributed by atoms with Crippen LogP contribution in [0, 0.1) is 0 Å². The Labute approximate surface area is 217 Å². The fraction of sp³-hybridized carbons (Fsp3) is 0.444. The number of benzene rings is 2. The predicted molar refractivity (Wildman–Crippen MR) is 138 cm³/mol. The summed E-state index contributed by atoms with van der Waals surface area (Å²) in [7, 11) is 1.55. The molecule has 0 spiro atoms. The van der Waals surface area contributed by atoms with Crippen LogP contribution in [-0.4, -0.2) is 55.1 Å². The van der Waals surface area contributed by atoms with Gasteiger partial charge in [-0.2, -0.15) is 0 Å². The maximum Gasteiger partial charge on any atom is 0.408 e. The molecule has 202 valence electrons. The van der Waals surface area contributed by atoms with E-state index in [1.54, 1.807) is 52.1 Å². The van der Waals surface area contributed by atoms with Crippen molar-refractivity contribution in [2.24, 2.45) is 0 Å². The topological polar surface area (TPSA) is 135 Å². The highest BCUT2D eigenvalue weighted by atomic mass is 16.6. The normalized spacial score (nSPS) is 12.6. The minimum atomic E-state index is -0.954. The van der Waals surface area contributed by atoms with E-state index in [1.807, 2.05) is 30.3 Å². The third-order valence-corrected chi connectivity index (χ3v) is 5.18. The van der Waals surface area contributed by atoms with Crippen molar-refractivity contribution in [3.05, 3.63) is 65.7 Å². The molecule has 2 aromatic carbocycles. The molecule has 0 saturated carbocycles. The second-order valence-corrected chi connectivity index (χ2v) is 9.35. The zero-order valence-corrected chi connectivity index (χ0v) is 21.8. The molecule has 10 nitrogen and oxygen atoms in total. The van der Waals surface area contributed by atoms with Gasteiger partial charge in [0.2, 0.25) is 5.91 Å². The summed E-state index contributed by atoms with van der Waals surface area (Å²) in [6, 6.07) is 14.6. The first kappa shape index (κ1) is 29.4. The number of carbonyl (C=O) groups excluding carboxylic acids is 3. The smallest absolute Gasteiger partial charge is 0.408 e. The number of ether oxygens (including phenoxy) is 3. The Morgan fingerprint density at radius 2 is 1.62 bits per heavy atom. The highest BCUT2D eigenvalue weighted by Gasteiger charge is 2.26. The van der Waals surface area contributed by atoms with E-state index >= 15 is 0 Å². The molecular formula is C27H37N3O7. The number of nitrogens with one attached hydrogen (secondary N) is 3. The van der Waals surface area contributed by atoms with Gasteiger partial charge in [0.25, 0.3) is 0 Å². The van der Waals surface area contributed by atoms with Gasteiger partial charge in [0.15, 0.2) is 0 Å². The van der Waals surface area contributed by atoms with Crippen molar-refractivity contribution >= 4 is 18.1 Å². The largest absolute Gasteiger partial charge is 0.497 e. The number of hydrogen-bond acceptors (Lipinski definition) is 7. The zero-order chi connectivity index (χ0) is 27.3. The van der Waals surface area contributed by atoms with E-state index in [-0.39, 0.29) is 26.2 Å². The number of carbonyl (C=O) groups is 3. The summed E-state index contributed by atoms with van der Waals surface area (Å²) >= 11 is 0. The molecule has 37 heavy (non-hydrogen) atoms. The Morgan fingerprint density at radius 3 is 2.22 bits per heavy atom. The summed E-state index contributed by atoms with van der Waals surface area (Å²) < 4.78 is 15.6. The van der Waals surface area contributed by atoms with Crippen molar-refractivity contribution in [1.29, 1.82) is 0 Å². The minimum Gasteiger partial charge on any atom is -0.497 e. The van der Waals surface area contributed by atoms with Crippen LogP contribution in [0.2, 0.25) is 0 Å². The van der Waals surface area contributed by atoms with E-state index in [2.05, 4.69) is 16.0 Å². The average Bonchev–Trinajstić information content (AvgIpc) is 2.87. The maximum atomic E-state index is 13.1. The van der Waals surface area contributed by atoms with Crippen molar-refractivity contribution in [1.82, 2.24) is 16.0 Å². The van der Waals surface area contributed by atoms with Crippen LogP contribution in [0.15, 0.2) is 54.6 Å². The second-order valence-electron chi connectivity index (χ2n) is 9.35. The number of aliphatic hydroxyl groups is 1. The van der Waals surface area contributed by atoms with Gasteiger partial charge in [-0.25, -0.2) is 9.59 Å². The van der Waals surface area contributed by atoms with Gasteiger partial charge in [-0.3, -0.25) is 4.79 Å². The first-order valence-electron chi connectivity index (χ1n) is 12.1. The van der Waals surface area contributed by atoms with Crippen LogP contribution in [0.4, 0.5) is 9.59 Å². The van der Waals surface area contributed by atoms with Gasteiger partial charge in [0, 0.05) is 6.54 Å². The molecule has 0 aliphatic carbocycles. The maximum absolute atomic E-state index is 13.1. The van der Waals surface area contributed by atoms with Crippen LogP contribution in [0.1, 0.15) is 50.8 Å². The van der Waals surface area contributed by atoms with Gasteiger partial charge in [-0.05, 0) is 56.9 Å². The predicted octanol–water partition coefficient (Wildman–Crippen LogP) is 3.44. The lowest BCUT2D eigenvalue weighted by Gasteiger charge is -2.25. The molecule has 10 heteroatoms. The lowest BCUT2D eigenvalue weighted by molar-refractivity contribution is -0.124. The molecule has 0 bridgehead atoms. The molecule has 0 heterocycles. The lowest BCUT2D eigenvalue weighted by Crippen LogP contribution is -2.49. The molecule has 2 aromatic rings. The summed E-state index contributed by atoms with van der Waals surface area (Å²) in [5, 5.41) is 17.9. The Balaban J connectivity index is 1.93. The molecule has 0 aliphatic heterocycles. The van der Waals surface area contributed by atoms with Crippen LogP contribution in [0.25, 0.3) is 0 Å². The summed E-state index contributed by atoms with van der Waals surface area (Å²) in [6.07, 6.45) is -0.733. The van der Waals surface area contributed by atoms with E-state index in [0.717, 1.165) is 5.56 Å². The molecule has 0 aliphatic rings. The molecule has 0 unspecified atom stereocenters. The van der Waals surface area contributed by atoms with Crippen molar-refractivity contribution in [3.8, 4) is 5.75 Å². The third-order valence-electron chi connectivity index (χ3n) is 5.18. The first-order chi connectivity index (χ1) is 17.6. The number of rotatable bonds is 12. The molecule has 0 fully saturated rings. The van der Waals surface area contributed by atoms with Crippen LogP contribution >= 0.6 is 0 Å². The first-order valence-corrected chi connectivity index (χ1v) is 12.1. The van der Waals surface area contributed by atoms with Gasteiger partial charge in [0.05, 0.1) is 19.8 Å². The number of alkyl carbamates (subject to hydrolysis) is 2. The van der Waals surface area contributed by atoms with Crippen LogP contribution < -0.4 is 20.7 Å². The van der Waals surface area contributed by atoms with Gasteiger partial charge in [-0.15, -0.1) is 0 Å². The van der Waals surface area contributed by atoms with Crippen molar-refractivity contribution in [3.63, 3.8) is 0 Å². The minimum absolute atomic E-state index is 0.145. The number of methoxy groups -OCH3 is 1. The van der Waals surface area contributed by atoms with Gasteiger partial charge in [0.1, 0.15) is 24.0 Å². The highest BCUT2D eigenvalue weighted by molar-refractivity contribution is 5.86. The molecule has 4 N–H and O–H groups in total. The van der Waals surface area contributed by atoms with Gasteiger partial charge < -0.3 is 35.3 Å². The van der Waals surface area contributed by atoms with Crippen LogP contribution in [0.3, 0.4) is 0 Å². The van der Waals surface area contributed by atoms with E-state index in [4.69, 9.17) is 14.2 Å². The third kappa shape index (κ3) is 11.2. The number of aliphatic hydroxyl groups excluding tert-OH is 1. The fourth-order valence-corrected chi connectivity index (χ4v) is 3.33.